The second-order valence-corrected chi connectivity index (χ2v) is 5.41. The molecule has 0 saturated heterocycles. The Hall–Kier alpha value is -2.83. The maximum atomic E-state index is 12.5. The molecule has 0 fully saturated rings. The maximum absolute atomic E-state index is 12.5. The Kier molecular flexibility index (Phi) is 4.01. The van der Waals surface area contributed by atoms with Crippen molar-refractivity contribution in [1.82, 2.24) is 9.38 Å². The highest BCUT2D eigenvalue weighted by Gasteiger charge is 2.29. The van der Waals surface area contributed by atoms with E-state index in [9.17, 15) is 18.0 Å². The first kappa shape index (κ1) is 16.0. The summed E-state index contributed by atoms with van der Waals surface area (Å²) in [6.45, 7) is 1.89. The average molecular weight is 333 g/mol. The number of hydrogen-bond donors (Lipinski definition) is 1. The number of carbonyl (C=O) groups excluding carboxylic acids is 1. The van der Waals surface area contributed by atoms with Crippen LogP contribution in [0, 0.1) is 6.92 Å². The zero-order valence-electron chi connectivity index (χ0n) is 12.8. The third kappa shape index (κ3) is 3.24. The van der Waals surface area contributed by atoms with Crippen LogP contribution in [0.25, 0.3) is 5.65 Å². The van der Waals surface area contributed by atoms with E-state index in [2.05, 4.69) is 10.3 Å². The number of rotatable bonds is 3. The number of halogens is 3. The Balaban J connectivity index is 1.74. The van der Waals surface area contributed by atoms with Crippen molar-refractivity contribution in [2.45, 2.75) is 19.5 Å². The minimum Gasteiger partial charge on any atom is -0.326 e. The summed E-state index contributed by atoms with van der Waals surface area (Å²) in [7, 11) is 0. The van der Waals surface area contributed by atoms with Gasteiger partial charge in [0, 0.05) is 23.3 Å². The van der Waals surface area contributed by atoms with E-state index in [1.165, 1.54) is 12.1 Å². The van der Waals surface area contributed by atoms with Gasteiger partial charge in [-0.2, -0.15) is 13.2 Å². The number of aryl methyl sites for hydroxylation is 1. The number of fused-ring (bicyclic) bond motifs is 1. The molecule has 1 amide bonds. The molecule has 0 aliphatic rings. The molecule has 0 spiro atoms. The van der Waals surface area contributed by atoms with Crippen LogP contribution in [0.15, 0.2) is 48.7 Å². The van der Waals surface area contributed by atoms with Crippen LogP contribution in [0.3, 0.4) is 0 Å². The third-order valence-corrected chi connectivity index (χ3v) is 3.62. The maximum Gasteiger partial charge on any atom is 0.416 e. The fourth-order valence-corrected chi connectivity index (χ4v) is 2.52. The van der Waals surface area contributed by atoms with Crippen LogP contribution >= 0.6 is 0 Å². The van der Waals surface area contributed by atoms with Crippen molar-refractivity contribution in [2.24, 2.45) is 0 Å². The number of nitrogens with one attached hydrogen (secondary N) is 1. The number of carbonyl (C=O) groups is 1. The smallest absolute Gasteiger partial charge is 0.326 e. The molecule has 7 heteroatoms. The highest BCUT2D eigenvalue weighted by Crippen LogP contribution is 2.29. The lowest BCUT2D eigenvalue weighted by Crippen LogP contribution is -2.16. The van der Waals surface area contributed by atoms with Crippen molar-refractivity contribution in [3.63, 3.8) is 0 Å². The molecular weight excluding hydrogens is 319 g/mol. The highest BCUT2D eigenvalue weighted by atomic mass is 19.4. The van der Waals surface area contributed by atoms with Gasteiger partial charge in [-0.3, -0.25) is 4.79 Å². The number of aromatic nitrogens is 2. The van der Waals surface area contributed by atoms with Crippen molar-refractivity contribution < 1.29 is 18.0 Å². The summed E-state index contributed by atoms with van der Waals surface area (Å²) in [5, 5.41) is 2.61. The molecule has 1 aromatic carbocycles. The molecule has 3 rings (SSSR count). The Morgan fingerprint density at radius 1 is 1.17 bits per heavy atom. The number of hydrogen-bond acceptors (Lipinski definition) is 2. The van der Waals surface area contributed by atoms with Gasteiger partial charge in [0.15, 0.2) is 0 Å². The fourth-order valence-electron chi connectivity index (χ4n) is 2.52. The Morgan fingerprint density at radius 2 is 1.88 bits per heavy atom. The summed E-state index contributed by atoms with van der Waals surface area (Å²) < 4.78 is 39.5. The molecule has 3 aromatic rings. The lowest BCUT2D eigenvalue weighted by atomic mass is 10.2. The lowest BCUT2D eigenvalue weighted by molar-refractivity contribution is -0.137. The Bertz CT molecular complexity index is 882. The first-order valence-corrected chi connectivity index (χ1v) is 7.23. The van der Waals surface area contributed by atoms with Crippen LogP contribution in [-0.4, -0.2) is 15.3 Å². The average Bonchev–Trinajstić information content (AvgIpc) is 2.89. The summed E-state index contributed by atoms with van der Waals surface area (Å²) in [5.74, 6) is -0.310. The fraction of sp³-hybridized carbons (Fsp3) is 0.176. The number of alkyl halides is 3. The highest BCUT2D eigenvalue weighted by molar-refractivity contribution is 5.92. The molecule has 0 unspecified atom stereocenters. The van der Waals surface area contributed by atoms with Crippen LogP contribution in [0.1, 0.15) is 17.0 Å². The normalized spacial score (nSPS) is 11.7. The van der Waals surface area contributed by atoms with Gasteiger partial charge >= 0.3 is 6.18 Å². The Labute approximate surface area is 135 Å². The molecule has 4 nitrogen and oxygen atoms in total. The van der Waals surface area contributed by atoms with Crippen molar-refractivity contribution in [3.8, 4) is 0 Å². The Morgan fingerprint density at radius 3 is 2.54 bits per heavy atom. The number of anilines is 1. The topological polar surface area (TPSA) is 46.4 Å². The predicted molar refractivity (Wildman–Crippen MR) is 83.7 cm³/mol. The molecule has 2 aromatic heterocycles. The van der Waals surface area contributed by atoms with Crippen molar-refractivity contribution >= 4 is 17.2 Å². The van der Waals surface area contributed by atoms with Crippen LogP contribution in [0.4, 0.5) is 18.9 Å². The lowest BCUT2D eigenvalue weighted by Gasteiger charge is -2.10. The molecule has 124 valence electrons. The van der Waals surface area contributed by atoms with Gasteiger partial charge in [0.25, 0.3) is 0 Å². The summed E-state index contributed by atoms with van der Waals surface area (Å²) in [5.41, 5.74) is 1.98. The molecule has 0 saturated carbocycles. The number of amides is 1. The summed E-state index contributed by atoms with van der Waals surface area (Å²) in [6, 6.07) is 9.82. The minimum absolute atomic E-state index is 0.0928. The molecule has 0 bridgehead atoms. The minimum atomic E-state index is -4.39. The van der Waals surface area contributed by atoms with Gasteiger partial charge < -0.3 is 9.72 Å². The first-order chi connectivity index (χ1) is 11.3. The summed E-state index contributed by atoms with van der Waals surface area (Å²) in [6.07, 6.45) is -2.58. The van der Waals surface area contributed by atoms with E-state index in [4.69, 9.17) is 0 Å². The first-order valence-electron chi connectivity index (χ1n) is 7.23. The van der Waals surface area contributed by atoms with Gasteiger partial charge in [-0.1, -0.05) is 6.07 Å². The zero-order chi connectivity index (χ0) is 17.3. The van der Waals surface area contributed by atoms with Crippen molar-refractivity contribution in [1.29, 1.82) is 0 Å². The van der Waals surface area contributed by atoms with Crippen molar-refractivity contribution in [2.75, 3.05) is 5.32 Å². The van der Waals surface area contributed by atoms with E-state index in [0.717, 1.165) is 29.2 Å². The van der Waals surface area contributed by atoms with Crippen LogP contribution in [-0.2, 0) is 17.4 Å². The number of benzene rings is 1. The molecule has 0 atom stereocenters. The SMILES string of the molecule is Cc1cnc2cccc(CC(=O)Nc3ccc(C(F)(F)F)cc3)n12. The van der Waals surface area contributed by atoms with E-state index in [-0.39, 0.29) is 12.3 Å². The molecule has 0 radical (unpaired) electrons. The van der Waals surface area contributed by atoms with Gasteiger partial charge in [0.05, 0.1) is 12.0 Å². The number of imidazole rings is 1. The van der Waals surface area contributed by atoms with E-state index in [1.807, 2.05) is 29.5 Å². The molecular formula is C17H14F3N3O. The molecule has 1 N–H and O–H groups in total. The van der Waals surface area contributed by atoms with Crippen LogP contribution < -0.4 is 5.32 Å². The van der Waals surface area contributed by atoms with E-state index >= 15 is 0 Å². The zero-order valence-corrected chi connectivity index (χ0v) is 12.8. The number of nitrogens with zero attached hydrogens (tertiary/aromatic N) is 2. The summed E-state index contributed by atoms with van der Waals surface area (Å²) in [4.78, 5) is 16.4. The third-order valence-electron chi connectivity index (χ3n) is 3.62. The van der Waals surface area contributed by atoms with Gasteiger partial charge in [0.2, 0.25) is 5.91 Å². The van der Waals surface area contributed by atoms with E-state index in [1.54, 1.807) is 6.20 Å². The van der Waals surface area contributed by atoms with Crippen LogP contribution in [0.5, 0.6) is 0 Å². The summed E-state index contributed by atoms with van der Waals surface area (Å²) >= 11 is 0. The molecule has 24 heavy (non-hydrogen) atoms. The monoisotopic (exact) mass is 333 g/mol. The second kappa shape index (κ2) is 5.99. The van der Waals surface area contributed by atoms with Gasteiger partial charge in [-0.25, -0.2) is 4.98 Å². The quantitative estimate of drug-likeness (QED) is 0.791. The van der Waals surface area contributed by atoms with Crippen molar-refractivity contribution in [3.05, 3.63) is 65.6 Å². The van der Waals surface area contributed by atoms with Gasteiger partial charge in [0.1, 0.15) is 5.65 Å². The molecule has 0 aliphatic carbocycles. The van der Waals surface area contributed by atoms with Gasteiger partial charge in [-0.15, -0.1) is 0 Å². The second-order valence-electron chi connectivity index (χ2n) is 5.41. The molecule has 0 aliphatic heterocycles. The largest absolute Gasteiger partial charge is 0.416 e. The van der Waals surface area contributed by atoms with E-state index in [0.29, 0.717) is 5.69 Å². The van der Waals surface area contributed by atoms with E-state index < -0.39 is 11.7 Å². The number of pyridine rings is 1. The predicted octanol–water partition coefficient (Wildman–Crippen LogP) is 3.84. The standard InChI is InChI=1S/C17H14F3N3O/c1-11-10-21-15-4-2-3-14(23(11)15)9-16(24)22-13-7-5-12(6-8-13)17(18,19)20/h2-8,10H,9H2,1H3,(H,22,24). The molecule has 2 heterocycles. The van der Waals surface area contributed by atoms with Gasteiger partial charge in [-0.05, 0) is 43.3 Å². The van der Waals surface area contributed by atoms with Crippen LogP contribution in [0.2, 0.25) is 0 Å².